The Morgan fingerprint density at radius 1 is 0.421 bits per heavy atom. The van der Waals surface area contributed by atoms with Crippen LogP contribution in [0.3, 0.4) is 0 Å². The van der Waals surface area contributed by atoms with Gasteiger partial charge in [0, 0.05) is 0 Å². The molecule has 116 valence electrons. The zero-order valence-electron chi connectivity index (χ0n) is 13.7. The third kappa shape index (κ3) is 18.4. The first-order chi connectivity index (χ1) is 9.41. The molecule has 0 aliphatic heterocycles. The first-order valence-corrected chi connectivity index (χ1v) is 10.1. The Kier molecular flexibility index (Phi) is 18.7. The van der Waals surface area contributed by atoms with Gasteiger partial charge in [0.05, 0.1) is 0 Å². The molecule has 0 atom stereocenters. The van der Waals surface area contributed by atoms with Crippen LogP contribution in [0.25, 0.3) is 0 Å². The first-order valence-electron chi connectivity index (χ1n) is 8.99. The highest BCUT2D eigenvalue weighted by atomic mass is 32.2. The van der Waals surface area contributed by atoms with E-state index in [1.165, 1.54) is 101 Å². The molecule has 0 radical (unpaired) electrons. The van der Waals surface area contributed by atoms with Gasteiger partial charge in [-0.1, -0.05) is 90.9 Å². The van der Waals surface area contributed by atoms with Crippen molar-refractivity contribution in [3.63, 3.8) is 0 Å². The molecular formula is C18H38S. The Morgan fingerprint density at radius 3 is 1.11 bits per heavy atom. The summed E-state index contributed by atoms with van der Waals surface area (Å²) < 4.78 is 0. The fraction of sp³-hybridized carbons (Fsp3) is 1.00. The molecule has 0 spiro atoms. The van der Waals surface area contributed by atoms with E-state index in [9.17, 15) is 0 Å². The highest BCUT2D eigenvalue weighted by Crippen LogP contribution is 2.13. The van der Waals surface area contributed by atoms with E-state index >= 15 is 0 Å². The summed E-state index contributed by atoms with van der Waals surface area (Å²) >= 11 is 2.19. The summed E-state index contributed by atoms with van der Waals surface area (Å²) in [7, 11) is 0. The number of hydrogen-bond acceptors (Lipinski definition) is 1. The average Bonchev–Trinajstić information content (AvgIpc) is 2.43. The lowest BCUT2D eigenvalue weighted by Gasteiger charge is -2.03. The van der Waals surface area contributed by atoms with Crippen molar-refractivity contribution in [2.45, 2.75) is 104 Å². The van der Waals surface area contributed by atoms with E-state index in [0.29, 0.717) is 0 Å². The molecule has 0 aromatic rings. The maximum absolute atomic E-state index is 2.29. The van der Waals surface area contributed by atoms with Crippen molar-refractivity contribution < 1.29 is 0 Å². The van der Waals surface area contributed by atoms with Gasteiger partial charge in [0.2, 0.25) is 0 Å². The topological polar surface area (TPSA) is 0 Å². The van der Waals surface area contributed by atoms with Gasteiger partial charge in [-0.3, -0.25) is 0 Å². The predicted octanol–water partition coefficient (Wildman–Crippen LogP) is 7.22. The largest absolute Gasteiger partial charge is 0.162 e. The molecular weight excluding hydrogens is 248 g/mol. The third-order valence-corrected chi connectivity index (χ3v) is 4.94. The fourth-order valence-corrected chi connectivity index (χ4v) is 3.45. The van der Waals surface area contributed by atoms with E-state index in [4.69, 9.17) is 0 Å². The normalized spacial score (nSPS) is 11.1. The summed E-state index contributed by atoms with van der Waals surface area (Å²) in [6, 6.07) is 0. The van der Waals surface area contributed by atoms with Gasteiger partial charge in [-0.15, -0.1) is 0 Å². The van der Waals surface area contributed by atoms with Crippen LogP contribution in [0.5, 0.6) is 0 Å². The highest BCUT2D eigenvalue weighted by molar-refractivity contribution is 7.99. The smallest absolute Gasteiger partial charge is 0.00675 e. The van der Waals surface area contributed by atoms with Crippen LogP contribution in [0.1, 0.15) is 104 Å². The van der Waals surface area contributed by atoms with Crippen LogP contribution in [0.2, 0.25) is 0 Å². The number of hydrogen-bond donors (Lipinski definition) is 0. The second kappa shape index (κ2) is 18.4. The maximum Gasteiger partial charge on any atom is -0.00675 e. The summed E-state index contributed by atoms with van der Waals surface area (Å²) in [5.41, 5.74) is 0. The van der Waals surface area contributed by atoms with Gasteiger partial charge in [-0.25, -0.2) is 0 Å². The molecule has 0 nitrogen and oxygen atoms in total. The SMILES string of the molecule is CCCCCCCCCSCCCCCCCCC. The van der Waals surface area contributed by atoms with Gasteiger partial charge < -0.3 is 0 Å². The summed E-state index contributed by atoms with van der Waals surface area (Å²) in [4.78, 5) is 0. The first kappa shape index (κ1) is 19.4. The Hall–Kier alpha value is 0.350. The molecule has 0 bridgehead atoms. The highest BCUT2D eigenvalue weighted by Gasteiger charge is 1.94. The number of unbranched alkanes of at least 4 members (excludes halogenated alkanes) is 12. The minimum Gasteiger partial charge on any atom is -0.162 e. The lowest BCUT2D eigenvalue weighted by atomic mass is 10.1. The van der Waals surface area contributed by atoms with Crippen LogP contribution in [-0.2, 0) is 0 Å². The lowest BCUT2D eigenvalue weighted by Crippen LogP contribution is -1.86. The van der Waals surface area contributed by atoms with Crippen LogP contribution < -0.4 is 0 Å². The van der Waals surface area contributed by atoms with Crippen LogP contribution >= 0.6 is 11.8 Å². The number of rotatable bonds is 16. The van der Waals surface area contributed by atoms with Crippen LogP contribution in [0.4, 0.5) is 0 Å². The van der Waals surface area contributed by atoms with Gasteiger partial charge >= 0.3 is 0 Å². The molecule has 0 aromatic carbocycles. The fourth-order valence-electron chi connectivity index (χ4n) is 2.42. The van der Waals surface area contributed by atoms with Crippen molar-refractivity contribution in [3.05, 3.63) is 0 Å². The summed E-state index contributed by atoms with van der Waals surface area (Å²) in [5.74, 6) is 2.81. The Morgan fingerprint density at radius 2 is 0.737 bits per heavy atom. The zero-order valence-corrected chi connectivity index (χ0v) is 14.5. The molecule has 19 heavy (non-hydrogen) atoms. The quantitative estimate of drug-likeness (QED) is 0.270. The average molecular weight is 287 g/mol. The number of thioether (sulfide) groups is 1. The van der Waals surface area contributed by atoms with Crippen LogP contribution in [0.15, 0.2) is 0 Å². The van der Waals surface area contributed by atoms with Crippen molar-refractivity contribution >= 4 is 11.8 Å². The summed E-state index contributed by atoms with van der Waals surface area (Å²) in [6.45, 7) is 4.58. The predicted molar refractivity (Wildman–Crippen MR) is 93.3 cm³/mol. The van der Waals surface area contributed by atoms with E-state index in [1.54, 1.807) is 0 Å². The Labute approximate surface area is 127 Å². The molecule has 1 heteroatoms. The molecule has 0 saturated heterocycles. The standard InChI is InChI=1S/C18H38S/c1-3-5-7-9-11-13-15-17-19-18-16-14-12-10-8-6-4-2/h3-18H2,1-2H3. The van der Waals surface area contributed by atoms with Gasteiger partial charge in [-0.05, 0) is 24.3 Å². The van der Waals surface area contributed by atoms with E-state index in [0.717, 1.165) is 0 Å². The van der Waals surface area contributed by atoms with Gasteiger partial charge in [0.25, 0.3) is 0 Å². The molecule has 0 aromatic heterocycles. The molecule has 0 amide bonds. The van der Waals surface area contributed by atoms with Crippen molar-refractivity contribution in [2.75, 3.05) is 11.5 Å². The summed E-state index contributed by atoms with van der Waals surface area (Å²) in [5, 5.41) is 0. The van der Waals surface area contributed by atoms with Crippen LogP contribution in [-0.4, -0.2) is 11.5 Å². The summed E-state index contributed by atoms with van der Waals surface area (Å²) in [6.07, 6.45) is 20.2. The molecule has 0 heterocycles. The van der Waals surface area contributed by atoms with Crippen molar-refractivity contribution in [1.29, 1.82) is 0 Å². The third-order valence-electron chi connectivity index (χ3n) is 3.78. The minimum absolute atomic E-state index is 1.37. The zero-order chi connectivity index (χ0) is 14.0. The molecule has 0 aliphatic rings. The molecule has 0 unspecified atom stereocenters. The minimum atomic E-state index is 1.37. The van der Waals surface area contributed by atoms with Crippen molar-refractivity contribution in [2.24, 2.45) is 0 Å². The second-order valence-corrected chi connectivity index (χ2v) is 7.08. The molecule has 0 fully saturated rings. The maximum atomic E-state index is 2.29. The molecule has 0 rings (SSSR count). The van der Waals surface area contributed by atoms with Gasteiger partial charge in [-0.2, -0.15) is 11.8 Å². The van der Waals surface area contributed by atoms with Crippen LogP contribution in [0, 0.1) is 0 Å². The van der Waals surface area contributed by atoms with Gasteiger partial charge in [0.1, 0.15) is 0 Å². The molecule has 0 saturated carbocycles. The molecule has 0 N–H and O–H groups in total. The second-order valence-electron chi connectivity index (χ2n) is 5.86. The van der Waals surface area contributed by atoms with E-state index in [2.05, 4.69) is 25.6 Å². The lowest BCUT2D eigenvalue weighted by molar-refractivity contribution is 0.601. The van der Waals surface area contributed by atoms with Crippen molar-refractivity contribution in [3.8, 4) is 0 Å². The van der Waals surface area contributed by atoms with E-state index in [-0.39, 0.29) is 0 Å². The van der Waals surface area contributed by atoms with Gasteiger partial charge in [0.15, 0.2) is 0 Å². The Bertz CT molecular complexity index is 129. The van der Waals surface area contributed by atoms with E-state index in [1.807, 2.05) is 0 Å². The Balaban J connectivity index is 2.88. The molecule has 0 aliphatic carbocycles. The van der Waals surface area contributed by atoms with Crippen molar-refractivity contribution in [1.82, 2.24) is 0 Å². The monoisotopic (exact) mass is 286 g/mol. The van der Waals surface area contributed by atoms with E-state index < -0.39 is 0 Å².